The van der Waals surface area contributed by atoms with Crippen molar-refractivity contribution in [1.82, 2.24) is 5.32 Å². The molecule has 0 amide bonds. The Hall–Kier alpha value is -1.22. The zero-order chi connectivity index (χ0) is 11.0. The minimum Gasteiger partial charge on any atom is -0.497 e. The van der Waals surface area contributed by atoms with E-state index in [0.717, 1.165) is 24.7 Å². The molecule has 0 aliphatic carbocycles. The van der Waals surface area contributed by atoms with Gasteiger partial charge in [-0.2, -0.15) is 0 Å². The minimum absolute atomic E-state index is 0.475. The first kappa shape index (κ1) is 9.97. The Bertz CT molecular complexity index is 392. The molecular formula is C13H17NO2. The molecule has 3 nitrogen and oxygen atoms in total. The van der Waals surface area contributed by atoms with Gasteiger partial charge in [-0.05, 0) is 25.5 Å². The molecule has 3 heteroatoms. The third-order valence-corrected chi connectivity index (χ3v) is 3.60. The Labute approximate surface area is 95.8 Å². The summed E-state index contributed by atoms with van der Waals surface area (Å²) in [5.41, 5.74) is 1.29. The second-order valence-corrected chi connectivity index (χ2v) is 4.55. The van der Waals surface area contributed by atoms with Crippen LogP contribution in [0.1, 0.15) is 24.4 Å². The summed E-state index contributed by atoms with van der Waals surface area (Å²) in [6, 6.07) is 6.61. The molecule has 16 heavy (non-hydrogen) atoms. The van der Waals surface area contributed by atoms with Crippen molar-refractivity contribution in [2.24, 2.45) is 5.92 Å². The number of rotatable bonds is 1. The summed E-state index contributed by atoms with van der Waals surface area (Å²) in [7, 11) is 1.69. The monoisotopic (exact) mass is 219 g/mol. The van der Waals surface area contributed by atoms with Gasteiger partial charge in [0.25, 0.3) is 0 Å². The zero-order valence-corrected chi connectivity index (χ0v) is 9.53. The lowest BCUT2D eigenvalue weighted by Crippen LogP contribution is -2.39. The first-order chi connectivity index (χ1) is 7.88. The van der Waals surface area contributed by atoms with E-state index in [1.54, 1.807) is 7.11 Å². The number of methoxy groups -OCH3 is 1. The molecule has 2 aliphatic heterocycles. The number of hydrogen-bond donors (Lipinski definition) is 1. The first-order valence-corrected chi connectivity index (χ1v) is 5.92. The number of ether oxygens (including phenoxy) is 2. The summed E-state index contributed by atoms with van der Waals surface area (Å²) in [6.45, 7) is 1.95. The minimum atomic E-state index is 0.475. The molecular weight excluding hydrogens is 202 g/mol. The van der Waals surface area contributed by atoms with Crippen molar-refractivity contribution in [3.8, 4) is 11.5 Å². The highest BCUT2D eigenvalue weighted by atomic mass is 16.5. The lowest BCUT2D eigenvalue weighted by molar-refractivity contribution is 0.146. The average molecular weight is 219 g/mol. The number of piperidine rings is 1. The summed E-state index contributed by atoms with van der Waals surface area (Å²) in [6.07, 6.45) is 2.53. The van der Waals surface area contributed by atoms with Crippen LogP contribution in [-0.2, 0) is 0 Å². The van der Waals surface area contributed by atoms with E-state index in [9.17, 15) is 0 Å². The van der Waals surface area contributed by atoms with E-state index in [1.807, 2.05) is 12.1 Å². The van der Waals surface area contributed by atoms with E-state index in [-0.39, 0.29) is 0 Å². The maximum absolute atomic E-state index is 5.82. The fourth-order valence-corrected chi connectivity index (χ4v) is 2.72. The van der Waals surface area contributed by atoms with Crippen molar-refractivity contribution in [1.29, 1.82) is 0 Å². The van der Waals surface area contributed by atoms with Crippen LogP contribution in [0.15, 0.2) is 18.2 Å². The standard InChI is InChI=1S/C13H17NO2/c1-15-10-4-5-11-12(7-10)16-8-9-3-2-6-14-13(9)11/h4-5,7,9,13-14H,2-3,6,8H2,1H3. The zero-order valence-electron chi connectivity index (χ0n) is 9.53. The molecule has 0 aromatic heterocycles. The van der Waals surface area contributed by atoms with E-state index < -0.39 is 0 Å². The lowest BCUT2D eigenvalue weighted by Gasteiger charge is -2.37. The van der Waals surface area contributed by atoms with Gasteiger partial charge in [-0.1, -0.05) is 6.07 Å². The van der Waals surface area contributed by atoms with Gasteiger partial charge in [0.2, 0.25) is 0 Å². The molecule has 3 rings (SSSR count). The van der Waals surface area contributed by atoms with Crippen LogP contribution in [0, 0.1) is 5.92 Å². The molecule has 1 N–H and O–H groups in total. The van der Waals surface area contributed by atoms with Crippen LogP contribution < -0.4 is 14.8 Å². The van der Waals surface area contributed by atoms with Gasteiger partial charge < -0.3 is 14.8 Å². The lowest BCUT2D eigenvalue weighted by atomic mass is 9.85. The first-order valence-electron chi connectivity index (χ1n) is 5.92. The third-order valence-electron chi connectivity index (χ3n) is 3.60. The smallest absolute Gasteiger partial charge is 0.127 e. The van der Waals surface area contributed by atoms with Crippen LogP contribution in [0.5, 0.6) is 11.5 Å². The van der Waals surface area contributed by atoms with Crippen LogP contribution in [-0.4, -0.2) is 20.3 Å². The van der Waals surface area contributed by atoms with Crippen molar-refractivity contribution >= 4 is 0 Å². The largest absolute Gasteiger partial charge is 0.497 e. The van der Waals surface area contributed by atoms with Gasteiger partial charge in [-0.3, -0.25) is 0 Å². The van der Waals surface area contributed by atoms with Crippen LogP contribution in [0.3, 0.4) is 0 Å². The molecule has 0 bridgehead atoms. The number of hydrogen-bond acceptors (Lipinski definition) is 3. The van der Waals surface area contributed by atoms with Gasteiger partial charge in [0.15, 0.2) is 0 Å². The van der Waals surface area contributed by atoms with E-state index in [1.165, 1.54) is 18.4 Å². The fourth-order valence-electron chi connectivity index (χ4n) is 2.72. The van der Waals surface area contributed by atoms with Gasteiger partial charge in [0.1, 0.15) is 11.5 Å². The van der Waals surface area contributed by atoms with Crippen molar-refractivity contribution in [2.45, 2.75) is 18.9 Å². The second-order valence-electron chi connectivity index (χ2n) is 4.55. The number of fused-ring (bicyclic) bond motifs is 3. The summed E-state index contributed by atoms with van der Waals surface area (Å²) >= 11 is 0. The highest BCUT2D eigenvalue weighted by Gasteiger charge is 2.32. The fraction of sp³-hybridized carbons (Fsp3) is 0.538. The van der Waals surface area contributed by atoms with E-state index in [2.05, 4.69) is 11.4 Å². The molecule has 1 saturated heterocycles. The molecule has 2 heterocycles. The van der Waals surface area contributed by atoms with E-state index >= 15 is 0 Å². The van der Waals surface area contributed by atoms with Crippen LogP contribution in [0.4, 0.5) is 0 Å². The summed E-state index contributed by atoms with van der Waals surface area (Å²) < 4.78 is 11.0. The molecule has 0 saturated carbocycles. The highest BCUT2D eigenvalue weighted by Crippen LogP contribution is 2.40. The Kier molecular flexibility index (Phi) is 2.48. The van der Waals surface area contributed by atoms with Gasteiger partial charge in [0, 0.05) is 23.6 Å². The number of nitrogens with one attached hydrogen (secondary N) is 1. The highest BCUT2D eigenvalue weighted by molar-refractivity contribution is 5.44. The van der Waals surface area contributed by atoms with Gasteiger partial charge in [-0.15, -0.1) is 0 Å². The molecule has 86 valence electrons. The van der Waals surface area contributed by atoms with Crippen LogP contribution in [0.25, 0.3) is 0 Å². The summed E-state index contributed by atoms with van der Waals surface area (Å²) in [4.78, 5) is 0. The normalized spacial score (nSPS) is 27.6. The molecule has 0 spiro atoms. The Morgan fingerprint density at radius 2 is 2.38 bits per heavy atom. The van der Waals surface area contributed by atoms with Crippen LogP contribution >= 0.6 is 0 Å². The SMILES string of the molecule is COc1ccc2c(c1)OCC1CCCNC21. The van der Waals surface area contributed by atoms with Crippen molar-refractivity contribution in [2.75, 3.05) is 20.3 Å². The average Bonchev–Trinajstić information content (AvgIpc) is 2.38. The predicted molar refractivity (Wildman–Crippen MR) is 62.0 cm³/mol. The van der Waals surface area contributed by atoms with Gasteiger partial charge in [-0.25, -0.2) is 0 Å². The van der Waals surface area contributed by atoms with E-state index in [4.69, 9.17) is 9.47 Å². The molecule has 2 unspecified atom stereocenters. The predicted octanol–water partition coefficient (Wildman–Crippen LogP) is 2.13. The van der Waals surface area contributed by atoms with E-state index in [0.29, 0.717) is 12.0 Å². The molecule has 2 atom stereocenters. The Morgan fingerprint density at radius 3 is 3.25 bits per heavy atom. The second kappa shape index (κ2) is 3.98. The summed E-state index contributed by atoms with van der Waals surface area (Å²) in [5, 5.41) is 3.59. The van der Waals surface area contributed by atoms with Crippen LogP contribution in [0.2, 0.25) is 0 Å². The molecule has 1 aromatic carbocycles. The van der Waals surface area contributed by atoms with Gasteiger partial charge in [0.05, 0.1) is 13.7 Å². The summed E-state index contributed by atoms with van der Waals surface area (Å²) in [5.74, 6) is 2.48. The number of benzene rings is 1. The maximum Gasteiger partial charge on any atom is 0.127 e. The quantitative estimate of drug-likeness (QED) is 0.785. The van der Waals surface area contributed by atoms with Gasteiger partial charge >= 0.3 is 0 Å². The van der Waals surface area contributed by atoms with Crippen molar-refractivity contribution < 1.29 is 9.47 Å². The van der Waals surface area contributed by atoms with Crippen molar-refractivity contribution in [3.63, 3.8) is 0 Å². The molecule has 2 aliphatic rings. The molecule has 0 radical (unpaired) electrons. The molecule has 1 fully saturated rings. The third kappa shape index (κ3) is 1.55. The molecule has 1 aromatic rings. The Balaban J connectivity index is 1.96. The Morgan fingerprint density at radius 1 is 1.44 bits per heavy atom. The van der Waals surface area contributed by atoms with Crippen molar-refractivity contribution in [3.05, 3.63) is 23.8 Å². The maximum atomic E-state index is 5.82. The topological polar surface area (TPSA) is 30.5 Å².